The average molecular weight is 273 g/mol. The number of aromatic nitrogens is 2. The SMILES string of the molecule is Cc1ccsc1CCC(=O)N1Cc2cncnc2C1. The molecule has 98 valence electrons. The van der Waals surface area contributed by atoms with Gasteiger partial charge in [0.05, 0.1) is 12.2 Å². The fourth-order valence-corrected chi connectivity index (χ4v) is 3.23. The first-order chi connectivity index (χ1) is 9.24. The Bertz CT molecular complexity index is 583. The maximum atomic E-state index is 12.2. The predicted octanol–water partition coefficient (Wildman–Crippen LogP) is 2.32. The Morgan fingerprint density at radius 1 is 1.47 bits per heavy atom. The summed E-state index contributed by atoms with van der Waals surface area (Å²) in [7, 11) is 0. The van der Waals surface area contributed by atoms with E-state index in [1.807, 2.05) is 4.90 Å². The van der Waals surface area contributed by atoms with Crippen LogP contribution in [-0.4, -0.2) is 20.8 Å². The van der Waals surface area contributed by atoms with Crippen LogP contribution >= 0.6 is 11.3 Å². The minimum Gasteiger partial charge on any atom is -0.332 e. The fraction of sp³-hybridized carbons (Fsp3) is 0.357. The highest BCUT2D eigenvalue weighted by Crippen LogP contribution is 2.22. The van der Waals surface area contributed by atoms with Gasteiger partial charge in [-0.2, -0.15) is 0 Å². The highest BCUT2D eigenvalue weighted by molar-refractivity contribution is 7.10. The number of nitrogens with zero attached hydrogens (tertiary/aromatic N) is 3. The number of thiophene rings is 1. The van der Waals surface area contributed by atoms with Crippen molar-refractivity contribution >= 4 is 17.2 Å². The van der Waals surface area contributed by atoms with Crippen LogP contribution in [0, 0.1) is 6.92 Å². The van der Waals surface area contributed by atoms with E-state index < -0.39 is 0 Å². The van der Waals surface area contributed by atoms with Gasteiger partial charge in [-0.3, -0.25) is 4.79 Å². The Labute approximate surface area is 116 Å². The summed E-state index contributed by atoms with van der Waals surface area (Å²) in [6, 6.07) is 2.10. The van der Waals surface area contributed by atoms with Gasteiger partial charge in [0.1, 0.15) is 6.33 Å². The molecule has 0 aliphatic carbocycles. The Hall–Kier alpha value is -1.75. The molecule has 0 spiro atoms. The molecule has 0 bridgehead atoms. The molecule has 0 N–H and O–H groups in total. The van der Waals surface area contributed by atoms with Crippen molar-refractivity contribution in [1.29, 1.82) is 0 Å². The van der Waals surface area contributed by atoms with Crippen LogP contribution in [0.1, 0.15) is 28.1 Å². The topological polar surface area (TPSA) is 46.1 Å². The third-order valence-corrected chi connectivity index (χ3v) is 4.55. The summed E-state index contributed by atoms with van der Waals surface area (Å²) in [5.74, 6) is 0.200. The van der Waals surface area contributed by atoms with Crippen molar-refractivity contribution < 1.29 is 4.79 Å². The van der Waals surface area contributed by atoms with Gasteiger partial charge in [-0.25, -0.2) is 9.97 Å². The van der Waals surface area contributed by atoms with Crippen molar-refractivity contribution in [3.8, 4) is 0 Å². The molecule has 0 radical (unpaired) electrons. The van der Waals surface area contributed by atoms with Crippen LogP contribution in [0.4, 0.5) is 0 Å². The number of rotatable bonds is 3. The lowest BCUT2D eigenvalue weighted by atomic mass is 10.2. The Kier molecular flexibility index (Phi) is 3.29. The highest BCUT2D eigenvalue weighted by Gasteiger charge is 2.24. The molecule has 1 aliphatic rings. The average Bonchev–Trinajstić information content (AvgIpc) is 3.01. The standard InChI is InChI=1S/C14H15N3OS/c1-10-4-5-19-13(10)2-3-14(18)17-7-11-6-15-9-16-12(11)8-17/h4-6,9H,2-3,7-8H2,1H3. The maximum absolute atomic E-state index is 12.2. The molecule has 1 amide bonds. The van der Waals surface area contributed by atoms with E-state index in [4.69, 9.17) is 0 Å². The minimum atomic E-state index is 0.200. The molecule has 4 nitrogen and oxygen atoms in total. The molecule has 0 unspecified atom stereocenters. The van der Waals surface area contributed by atoms with Crippen molar-refractivity contribution in [3.05, 3.63) is 45.7 Å². The first-order valence-electron chi connectivity index (χ1n) is 6.32. The number of aryl methyl sites for hydroxylation is 2. The maximum Gasteiger partial charge on any atom is 0.223 e. The minimum absolute atomic E-state index is 0.200. The smallest absolute Gasteiger partial charge is 0.223 e. The van der Waals surface area contributed by atoms with E-state index in [-0.39, 0.29) is 5.91 Å². The van der Waals surface area contributed by atoms with Gasteiger partial charge in [0.2, 0.25) is 5.91 Å². The van der Waals surface area contributed by atoms with Crippen molar-refractivity contribution in [1.82, 2.24) is 14.9 Å². The van der Waals surface area contributed by atoms with E-state index in [2.05, 4.69) is 28.3 Å². The molecule has 0 fully saturated rings. The number of hydrogen-bond acceptors (Lipinski definition) is 4. The summed E-state index contributed by atoms with van der Waals surface area (Å²) in [5, 5.41) is 2.08. The van der Waals surface area contributed by atoms with Gasteiger partial charge in [0.15, 0.2) is 0 Å². The number of fused-ring (bicyclic) bond motifs is 1. The molecule has 1 aliphatic heterocycles. The van der Waals surface area contributed by atoms with Crippen LogP contribution in [0.5, 0.6) is 0 Å². The molecular formula is C14H15N3OS. The Morgan fingerprint density at radius 2 is 2.37 bits per heavy atom. The zero-order valence-electron chi connectivity index (χ0n) is 10.8. The lowest BCUT2D eigenvalue weighted by Gasteiger charge is -2.14. The van der Waals surface area contributed by atoms with E-state index in [0.717, 1.165) is 17.7 Å². The van der Waals surface area contributed by atoms with Gasteiger partial charge < -0.3 is 4.90 Å². The summed E-state index contributed by atoms with van der Waals surface area (Å²) >= 11 is 1.73. The zero-order valence-corrected chi connectivity index (χ0v) is 11.6. The fourth-order valence-electron chi connectivity index (χ4n) is 2.32. The number of carbonyl (C=O) groups is 1. The number of amides is 1. The molecule has 3 heterocycles. The lowest BCUT2D eigenvalue weighted by molar-refractivity contribution is -0.131. The number of carbonyl (C=O) groups excluding carboxylic acids is 1. The molecule has 0 atom stereocenters. The third-order valence-electron chi connectivity index (χ3n) is 3.47. The lowest BCUT2D eigenvalue weighted by Crippen LogP contribution is -2.25. The quantitative estimate of drug-likeness (QED) is 0.862. The van der Waals surface area contributed by atoms with E-state index in [9.17, 15) is 4.79 Å². The van der Waals surface area contributed by atoms with Crippen LogP contribution < -0.4 is 0 Å². The Balaban J connectivity index is 1.60. The van der Waals surface area contributed by atoms with E-state index in [1.54, 1.807) is 23.9 Å². The first-order valence-corrected chi connectivity index (χ1v) is 7.20. The normalized spacial score (nSPS) is 13.6. The zero-order chi connectivity index (χ0) is 13.2. The molecule has 0 aromatic carbocycles. The van der Waals surface area contributed by atoms with Gasteiger partial charge in [-0.15, -0.1) is 11.3 Å². The van der Waals surface area contributed by atoms with Gasteiger partial charge in [-0.1, -0.05) is 0 Å². The first kappa shape index (κ1) is 12.3. The molecule has 0 saturated carbocycles. The second kappa shape index (κ2) is 5.09. The summed E-state index contributed by atoms with van der Waals surface area (Å²) in [6.07, 6.45) is 4.75. The van der Waals surface area contributed by atoms with E-state index >= 15 is 0 Å². The summed E-state index contributed by atoms with van der Waals surface area (Å²) < 4.78 is 0. The molecule has 0 saturated heterocycles. The molecular weight excluding hydrogens is 258 g/mol. The van der Waals surface area contributed by atoms with Gasteiger partial charge >= 0.3 is 0 Å². The van der Waals surface area contributed by atoms with Crippen molar-refractivity contribution in [2.75, 3.05) is 0 Å². The Morgan fingerprint density at radius 3 is 3.11 bits per heavy atom. The van der Waals surface area contributed by atoms with Crippen LogP contribution in [-0.2, 0) is 24.3 Å². The molecule has 19 heavy (non-hydrogen) atoms. The second-order valence-corrected chi connectivity index (χ2v) is 5.77. The van der Waals surface area contributed by atoms with Crippen LogP contribution in [0.3, 0.4) is 0 Å². The van der Waals surface area contributed by atoms with Crippen molar-refractivity contribution in [3.63, 3.8) is 0 Å². The van der Waals surface area contributed by atoms with Gasteiger partial charge in [0.25, 0.3) is 0 Å². The molecule has 2 aromatic heterocycles. The molecule has 3 rings (SSSR count). The highest BCUT2D eigenvalue weighted by atomic mass is 32.1. The van der Waals surface area contributed by atoms with Crippen LogP contribution in [0.2, 0.25) is 0 Å². The van der Waals surface area contributed by atoms with Crippen molar-refractivity contribution in [2.24, 2.45) is 0 Å². The van der Waals surface area contributed by atoms with E-state index in [0.29, 0.717) is 19.5 Å². The third kappa shape index (κ3) is 2.51. The summed E-state index contributed by atoms with van der Waals surface area (Å²) in [6.45, 7) is 3.37. The number of hydrogen-bond donors (Lipinski definition) is 0. The largest absolute Gasteiger partial charge is 0.332 e. The van der Waals surface area contributed by atoms with Gasteiger partial charge in [-0.05, 0) is 30.4 Å². The molecule has 2 aromatic rings. The predicted molar refractivity (Wildman–Crippen MR) is 73.7 cm³/mol. The summed E-state index contributed by atoms with van der Waals surface area (Å²) in [4.78, 5) is 23.6. The summed E-state index contributed by atoms with van der Waals surface area (Å²) in [5.41, 5.74) is 3.34. The second-order valence-electron chi connectivity index (χ2n) is 4.77. The van der Waals surface area contributed by atoms with Gasteiger partial charge in [0, 0.05) is 29.6 Å². The monoisotopic (exact) mass is 273 g/mol. The van der Waals surface area contributed by atoms with Crippen LogP contribution in [0.25, 0.3) is 0 Å². The van der Waals surface area contributed by atoms with Crippen LogP contribution in [0.15, 0.2) is 24.0 Å². The van der Waals surface area contributed by atoms with E-state index in [1.165, 1.54) is 10.4 Å². The molecule has 5 heteroatoms. The van der Waals surface area contributed by atoms with Crippen molar-refractivity contribution in [2.45, 2.75) is 32.9 Å².